The van der Waals surface area contributed by atoms with E-state index in [0.29, 0.717) is 24.2 Å². The monoisotopic (exact) mass is 178 g/mol. The third kappa shape index (κ3) is 2.56. The smallest absolute Gasteiger partial charge is 0.166 e. The van der Waals surface area contributed by atoms with E-state index >= 15 is 0 Å². The quantitative estimate of drug-likeness (QED) is 0.535. The van der Waals surface area contributed by atoms with E-state index in [4.69, 9.17) is 5.73 Å². The Balaban J connectivity index is 2.71. The van der Waals surface area contributed by atoms with E-state index < -0.39 is 0 Å². The van der Waals surface area contributed by atoms with Gasteiger partial charge in [-0.2, -0.15) is 0 Å². The van der Waals surface area contributed by atoms with Crippen LogP contribution in [0, 0.1) is 0 Å². The minimum absolute atomic E-state index is 0.0902. The number of nitrogens with one attached hydrogen (secondary N) is 1. The zero-order valence-electron chi connectivity index (χ0n) is 7.71. The lowest BCUT2D eigenvalue weighted by Crippen LogP contribution is -2.13. The summed E-state index contributed by atoms with van der Waals surface area (Å²) < 4.78 is 0. The van der Waals surface area contributed by atoms with E-state index in [1.807, 2.05) is 19.2 Å². The molecule has 0 radical (unpaired) electrons. The van der Waals surface area contributed by atoms with E-state index in [9.17, 15) is 4.79 Å². The topological polar surface area (TPSA) is 55.1 Å². The Labute approximate surface area is 77.9 Å². The molecule has 0 fully saturated rings. The van der Waals surface area contributed by atoms with Crippen molar-refractivity contribution in [2.45, 2.75) is 6.42 Å². The molecule has 13 heavy (non-hydrogen) atoms. The fourth-order valence-electron chi connectivity index (χ4n) is 1.12. The van der Waals surface area contributed by atoms with Crippen LogP contribution in [0.4, 0.5) is 5.69 Å². The van der Waals surface area contributed by atoms with Crippen LogP contribution in [0.3, 0.4) is 0 Å². The van der Waals surface area contributed by atoms with Crippen molar-refractivity contribution in [3.63, 3.8) is 0 Å². The molecule has 0 heterocycles. The number of Topliss-reactive ketones (excluding diaryl/α,β-unsaturated/α-hetero) is 1. The van der Waals surface area contributed by atoms with Crippen LogP contribution in [-0.2, 0) is 0 Å². The first-order valence-electron chi connectivity index (χ1n) is 4.28. The number of nitrogens with two attached hydrogens (primary N) is 1. The fraction of sp³-hybridized carbons (Fsp3) is 0.300. The van der Waals surface area contributed by atoms with Gasteiger partial charge in [0.2, 0.25) is 0 Å². The van der Waals surface area contributed by atoms with Crippen LogP contribution < -0.4 is 11.1 Å². The molecular formula is C10H14N2O. The van der Waals surface area contributed by atoms with E-state index in [-0.39, 0.29) is 5.78 Å². The molecule has 1 aromatic rings. The van der Waals surface area contributed by atoms with Gasteiger partial charge in [0.15, 0.2) is 5.78 Å². The first-order valence-corrected chi connectivity index (χ1v) is 4.28. The molecule has 0 saturated heterocycles. The van der Waals surface area contributed by atoms with Crippen molar-refractivity contribution in [2.24, 2.45) is 0 Å². The molecule has 1 aromatic carbocycles. The molecule has 0 aliphatic rings. The molecule has 3 heteroatoms. The Hall–Kier alpha value is -1.35. The maximum absolute atomic E-state index is 11.5. The molecule has 0 bridgehead atoms. The molecule has 0 saturated carbocycles. The van der Waals surface area contributed by atoms with Crippen molar-refractivity contribution in [1.82, 2.24) is 5.32 Å². The number of carbonyl (C=O) groups excluding carboxylic acids is 1. The Kier molecular flexibility index (Phi) is 3.46. The highest BCUT2D eigenvalue weighted by Crippen LogP contribution is 2.12. The van der Waals surface area contributed by atoms with E-state index in [1.165, 1.54) is 0 Å². The van der Waals surface area contributed by atoms with Crippen LogP contribution in [0.1, 0.15) is 16.8 Å². The Bertz CT molecular complexity index is 297. The first kappa shape index (κ1) is 9.74. The van der Waals surface area contributed by atoms with Crippen LogP contribution in [-0.4, -0.2) is 19.4 Å². The predicted molar refractivity (Wildman–Crippen MR) is 53.7 cm³/mol. The molecule has 3 N–H and O–H groups in total. The Morgan fingerprint density at radius 1 is 1.46 bits per heavy atom. The Morgan fingerprint density at radius 2 is 2.15 bits per heavy atom. The first-order chi connectivity index (χ1) is 6.25. The van der Waals surface area contributed by atoms with Gasteiger partial charge in [0, 0.05) is 24.2 Å². The van der Waals surface area contributed by atoms with Gasteiger partial charge < -0.3 is 11.1 Å². The summed E-state index contributed by atoms with van der Waals surface area (Å²) in [5.74, 6) is 0.0902. The second-order valence-corrected chi connectivity index (χ2v) is 2.86. The van der Waals surface area contributed by atoms with Gasteiger partial charge in [-0.15, -0.1) is 0 Å². The predicted octanol–water partition coefficient (Wildman–Crippen LogP) is 1.06. The molecule has 0 aromatic heterocycles. The van der Waals surface area contributed by atoms with E-state index in [1.54, 1.807) is 12.1 Å². The van der Waals surface area contributed by atoms with Gasteiger partial charge in [-0.1, -0.05) is 12.1 Å². The highest BCUT2D eigenvalue weighted by Gasteiger charge is 2.07. The summed E-state index contributed by atoms with van der Waals surface area (Å²) >= 11 is 0. The number of para-hydroxylation sites is 1. The molecule has 0 atom stereocenters. The number of hydrogen-bond acceptors (Lipinski definition) is 3. The maximum Gasteiger partial charge on any atom is 0.166 e. The summed E-state index contributed by atoms with van der Waals surface area (Å²) in [6.45, 7) is 0.688. The third-order valence-electron chi connectivity index (χ3n) is 1.86. The van der Waals surface area contributed by atoms with Crippen molar-refractivity contribution < 1.29 is 4.79 Å². The maximum atomic E-state index is 11.5. The van der Waals surface area contributed by atoms with Gasteiger partial charge in [0.05, 0.1) is 0 Å². The lowest BCUT2D eigenvalue weighted by atomic mass is 10.1. The number of rotatable bonds is 4. The normalized spacial score (nSPS) is 9.92. The number of hydrogen-bond donors (Lipinski definition) is 2. The van der Waals surface area contributed by atoms with Gasteiger partial charge in [0.25, 0.3) is 0 Å². The summed E-state index contributed by atoms with van der Waals surface area (Å²) in [6, 6.07) is 7.15. The third-order valence-corrected chi connectivity index (χ3v) is 1.86. The van der Waals surface area contributed by atoms with Crippen LogP contribution in [0.15, 0.2) is 24.3 Å². The molecule has 0 aliphatic carbocycles. The number of nitrogen functional groups attached to an aromatic ring is 1. The largest absolute Gasteiger partial charge is 0.398 e. The Morgan fingerprint density at radius 3 is 2.77 bits per heavy atom. The van der Waals surface area contributed by atoms with Crippen molar-refractivity contribution in [2.75, 3.05) is 19.3 Å². The van der Waals surface area contributed by atoms with Gasteiger partial charge in [-0.3, -0.25) is 4.79 Å². The summed E-state index contributed by atoms with van der Waals surface area (Å²) in [5.41, 5.74) is 6.83. The molecular weight excluding hydrogens is 164 g/mol. The minimum atomic E-state index is 0.0902. The van der Waals surface area contributed by atoms with Crippen LogP contribution in [0.25, 0.3) is 0 Å². The van der Waals surface area contributed by atoms with Gasteiger partial charge in [-0.05, 0) is 19.2 Å². The van der Waals surface area contributed by atoms with Gasteiger partial charge in [-0.25, -0.2) is 0 Å². The molecule has 0 amide bonds. The van der Waals surface area contributed by atoms with E-state index in [0.717, 1.165) is 0 Å². The van der Waals surface area contributed by atoms with Crippen LogP contribution in [0.2, 0.25) is 0 Å². The zero-order chi connectivity index (χ0) is 9.68. The molecule has 1 rings (SSSR count). The second kappa shape index (κ2) is 4.62. The number of anilines is 1. The van der Waals surface area contributed by atoms with E-state index in [2.05, 4.69) is 5.32 Å². The SMILES string of the molecule is CNCCC(=O)c1ccccc1N. The molecule has 0 spiro atoms. The van der Waals surface area contributed by atoms with Crippen molar-refractivity contribution in [3.05, 3.63) is 29.8 Å². The number of carbonyl (C=O) groups is 1. The molecule has 70 valence electrons. The zero-order valence-corrected chi connectivity index (χ0v) is 7.71. The fourth-order valence-corrected chi connectivity index (χ4v) is 1.12. The minimum Gasteiger partial charge on any atom is -0.398 e. The highest BCUT2D eigenvalue weighted by molar-refractivity contribution is 6.00. The summed E-state index contributed by atoms with van der Waals surface area (Å²) in [4.78, 5) is 11.5. The molecule has 0 unspecified atom stereocenters. The summed E-state index contributed by atoms with van der Waals surface area (Å²) in [6.07, 6.45) is 0.491. The van der Waals surface area contributed by atoms with Crippen LogP contribution >= 0.6 is 0 Å². The second-order valence-electron chi connectivity index (χ2n) is 2.86. The summed E-state index contributed by atoms with van der Waals surface area (Å²) in [7, 11) is 1.82. The number of ketones is 1. The van der Waals surface area contributed by atoms with Crippen LogP contribution in [0.5, 0.6) is 0 Å². The molecule has 0 aliphatic heterocycles. The average Bonchev–Trinajstić information content (AvgIpc) is 2.15. The number of benzene rings is 1. The van der Waals surface area contributed by atoms with Gasteiger partial charge in [0.1, 0.15) is 0 Å². The van der Waals surface area contributed by atoms with Gasteiger partial charge >= 0.3 is 0 Å². The van der Waals surface area contributed by atoms with Crippen molar-refractivity contribution in [3.8, 4) is 0 Å². The lowest BCUT2D eigenvalue weighted by Gasteiger charge is -2.03. The summed E-state index contributed by atoms with van der Waals surface area (Å²) in [5, 5.41) is 2.93. The van der Waals surface area contributed by atoms with Crippen molar-refractivity contribution >= 4 is 11.5 Å². The standard InChI is InChI=1S/C10H14N2O/c1-12-7-6-10(13)8-4-2-3-5-9(8)11/h2-5,12H,6-7,11H2,1H3. The lowest BCUT2D eigenvalue weighted by molar-refractivity contribution is 0.0984. The molecule has 3 nitrogen and oxygen atoms in total. The highest BCUT2D eigenvalue weighted by atomic mass is 16.1. The average molecular weight is 178 g/mol. The van der Waals surface area contributed by atoms with Crippen molar-refractivity contribution in [1.29, 1.82) is 0 Å².